The number of nitro groups is 1. The Morgan fingerprint density at radius 1 is 1.12 bits per heavy atom. The molecule has 0 saturated carbocycles. The molecule has 0 radical (unpaired) electrons. The van der Waals surface area contributed by atoms with Crippen molar-refractivity contribution in [3.8, 4) is 17.1 Å². The molecule has 1 aliphatic rings. The third kappa shape index (κ3) is 4.04. The van der Waals surface area contributed by atoms with Gasteiger partial charge in [0.1, 0.15) is 17.3 Å². The van der Waals surface area contributed by atoms with E-state index in [4.69, 9.17) is 21.4 Å². The molecule has 3 aromatic rings. The number of furan rings is 1. The van der Waals surface area contributed by atoms with Crippen LogP contribution < -0.4 is 9.64 Å². The van der Waals surface area contributed by atoms with Crippen molar-refractivity contribution in [3.05, 3.63) is 80.4 Å². The minimum absolute atomic E-state index is 0.0279. The van der Waals surface area contributed by atoms with Crippen LogP contribution in [0.1, 0.15) is 16.9 Å². The molecular weight excluding hydrogens is 448 g/mol. The molecule has 0 atom stereocenters. The van der Waals surface area contributed by atoms with Crippen LogP contribution in [0.4, 0.5) is 11.4 Å². The number of anilines is 1. The molecule has 1 fully saturated rings. The van der Waals surface area contributed by atoms with Crippen molar-refractivity contribution < 1.29 is 18.9 Å². The molecule has 1 aromatic heterocycles. The van der Waals surface area contributed by atoms with E-state index in [1.54, 1.807) is 55.7 Å². The number of thiocarbonyl (C=S) groups is 1. The first-order chi connectivity index (χ1) is 15.3. The molecule has 0 N–H and O–H groups in total. The summed E-state index contributed by atoms with van der Waals surface area (Å²) < 4.78 is 11.4. The Bertz CT molecular complexity index is 1280. The Morgan fingerprint density at radius 3 is 2.47 bits per heavy atom. The lowest BCUT2D eigenvalue weighted by atomic mass is 10.0. The SMILES string of the molecule is COc1ccc(N2C(=O)/C(=C\c3ccc(-c4cc(C)c(C)cc4[N+](=O)[O-])o3)SC2=S)cc1. The molecule has 32 heavy (non-hydrogen) atoms. The number of carbonyl (C=O) groups excluding carboxylic acids is 1. The van der Waals surface area contributed by atoms with Gasteiger partial charge < -0.3 is 9.15 Å². The lowest BCUT2D eigenvalue weighted by molar-refractivity contribution is -0.384. The summed E-state index contributed by atoms with van der Waals surface area (Å²) in [5.74, 6) is 1.18. The maximum absolute atomic E-state index is 13.0. The van der Waals surface area contributed by atoms with Gasteiger partial charge in [0.25, 0.3) is 11.6 Å². The van der Waals surface area contributed by atoms with E-state index in [1.807, 2.05) is 13.8 Å². The summed E-state index contributed by atoms with van der Waals surface area (Å²) in [5, 5.41) is 11.5. The first-order valence-corrected chi connectivity index (χ1v) is 10.8. The van der Waals surface area contributed by atoms with E-state index in [2.05, 4.69) is 0 Å². The molecule has 2 aromatic carbocycles. The number of hydrogen-bond donors (Lipinski definition) is 0. The number of hydrogen-bond acceptors (Lipinski definition) is 7. The highest BCUT2D eigenvalue weighted by Gasteiger charge is 2.33. The monoisotopic (exact) mass is 466 g/mol. The summed E-state index contributed by atoms with van der Waals surface area (Å²) >= 11 is 6.57. The standard InChI is InChI=1S/C23H18N2O5S2/c1-13-10-18(19(25(27)28)11-14(13)2)20-9-8-17(30-20)12-21-22(26)24(23(31)32-21)15-4-6-16(29-3)7-5-15/h4-12H,1-3H3/b21-12+. The van der Waals surface area contributed by atoms with Crippen LogP contribution in [-0.2, 0) is 4.79 Å². The van der Waals surface area contributed by atoms with Gasteiger partial charge in [-0.1, -0.05) is 24.0 Å². The van der Waals surface area contributed by atoms with Gasteiger partial charge in [-0.15, -0.1) is 0 Å². The zero-order chi connectivity index (χ0) is 23.0. The molecule has 0 unspecified atom stereocenters. The van der Waals surface area contributed by atoms with Crippen LogP contribution in [0, 0.1) is 24.0 Å². The minimum atomic E-state index is -0.427. The highest BCUT2D eigenvalue weighted by molar-refractivity contribution is 8.27. The molecule has 0 spiro atoms. The van der Waals surface area contributed by atoms with Crippen LogP contribution in [0.15, 0.2) is 57.9 Å². The van der Waals surface area contributed by atoms with Gasteiger partial charge in [0.15, 0.2) is 4.32 Å². The number of benzene rings is 2. The molecule has 0 aliphatic carbocycles. The van der Waals surface area contributed by atoms with Crippen molar-refractivity contribution in [1.29, 1.82) is 0 Å². The van der Waals surface area contributed by atoms with Gasteiger partial charge in [0.2, 0.25) is 0 Å². The van der Waals surface area contributed by atoms with Gasteiger partial charge in [-0.3, -0.25) is 19.8 Å². The van der Waals surface area contributed by atoms with E-state index < -0.39 is 4.92 Å². The number of ether oxygens (including phenoxy) is 1. The maximum atomic E-state index is 13.0. The number of methoxy groups -OCH3 is 1. The zero-order valence-electron chi connectivity index (χ0n) is 17.4. The number of aryl methyl sites for hydroxylation is 2. The fourth-order valence-electron chi connectivity index (χ4n) is 3.28. The van der Waals surface area contributed by atoms with Gasteiger partial charge in [0, 0.05) is 12.1 Å². The Morgan fingerprint density at radius 2 is 1.81 bits per heavy atom. The molecule has 9 heteroatoms. The zero-order valence-corrected chi connectivity index (χ0v) is 19.1. The third-order valence-corrected chi connectivity index (χ3v) is 6.40. The summed E-state index contributed by atoms with van der Waals surface area (Å²) in [7, 11) is 1.57. The maximum Gasteiger partial charge on any atom is 0.280 e. The van der Waals surface area contributed by atoms with E-state index in [9.17, 15) is 14.9 Å². The van der Waals surface area contributed by atoms with Crippen molar-refractivity contribution in [1.82, 2.24) is 0 Å². The fourth-order valence-corrected chi connectivity index (χ4v) is 4.55. The molecule has 4 rings (SSSR count). The molecular formula is C23H18N2O5S2. The van der Waals surface area contributed by atoms with Crippen LogP contribution in [0.3, 0.4) is 0 Å². The Hall–Kier alpha value is -3.43. The quantitative estimate of drug-likeness (QED) is 0.201. The predicted molar refractivity (Wildman–Crippen MR) is 129 cm³/mol. The van der Waals surface area contributed by atoms with Gasteiger partial charge >= 0.3 is 0 Å². The molecule has 1 saturated heterocycles. The van der Waals surface area contributed by atoms with Gasteiger partial charge in [-0.2, -0.15) is 0 Å². The number of thioether (sulfide) groups is 1. The number of nitrogens with zero attached hydrogens (tertiary/aromatic N) is 2. The Labute approximate surface area is 193 Å². The highest BCUT2D eigenvalue weighted by atomic mass is 32.2. The van der Waals surface area contributed by atoms with Crippen molar-refractivity contribution in [2.75, 3.05) is 12.0 Å². The summed E-state index contributed by atoms with van der Waals surface area (Å²) in [5.41, 5.74) is 2.75. The molecule has 2 heterocycles. The number of carbonyl (C=O) groups is 1. The van der Waals surface area contributed by atoms with E-state index in [1.165, 1.54) is 22.7 Å². The minimum Gasteiger partial charge on any atom is -0.497 e. The summed E-state index contributed by atoms with van der Waals surface area (Å²) in [6.45, 7) is 3.71. The summed E-state index contributed by atoms with van der Waals surface area (Å²) in [4.78, 5) is 25.9. The first-order valence-electron chi connectivity index (χ1n) is 9.56. The summed E-state index contributed by atoms with van der Waals surface area (Å²) in [6.07, 6.45) is 1.60. The number of rotatable bonds is 5. The van der Waals surface area contributed by atoms with E-state index in [0.29, 0.717) is 37.7 Å². The average Bonchev–Trinajstić information content (AvgIpc) is 3.34. The second-order valence-corrected chi connectivity index (χ2v) is 8.80. The van der Waals surface area contributed by atoms with Crippen molar-refractivity contribution in [2.45, 2.75) is 13.8 Å². The van der Waals surface area contributed by atoms with Crippen LogP contribution in [0.25, 0.3) is 17.4 Å². The lowest BCUT2D eigenvalue weighted by Gasteiger charge is -2.14. The van der Waals surface area contributed by atoms with Gasteiger partial charge in [-0.25, -0.2) is 0 Å². The topological polar surface area (TPSA) is 85.8 Å². The summed E-state index contributed by atoms with van der Waals surface area (Å²) in [6, 6.07) is 13.6. The predicted octanol–water partition coefficient (Wildman–Crippen LogP) is 5.89. The van der Waals surface area contributed by atoms with E-state index >= 15 is 0 Å². The van der Waals surface area contributed by atoms with Crippen molar-refractivity contribution >= 4 is 51.7 Å². The first kappa shape index (κ1) is 21.8. The van der Waals surface area contributed by atoms with E-state index in [-0.39, 0.29) is 11.6 Å². The number of amides is 1. The molecule has 0 bridgehead atoms. The molecule has 1 amide bonds. The van der Waals surface area contributed by atoms with Crippen molar-refractivity contribution in [3.63, 3.8) is 0 Å². The third-order valence-electron chi connectivity index (χ3n) is 5.10. The second-order valence-electron chi connectivity index (χ2n) is 7.13. The lowest BCUT2D eigenvalue weighted by Crippen LogP contribution is -2.27. The smallest absolute Gasteiger partial charge is 0.280 e. The molecule has 7 nitrogen and oxygen atoms in total. The molecule has 1 aliphatic heterocycles. The average molecular weight is 467 g/mol. The van der Waals surface area contributed by atoms with Crippen LogP contribution in [-0.4, -0.2) is 22.3 Å². The molecule has 162 valence electrons. The second kappa shape index (κ2) is 8.60. The van der Waals surface area contributed by atoms with Gasteiger partial charge in [0.05, 0.1) is 28.2 Å². The Balaban J connectivity index is 1.64. The largest absolute Gasteiger partial charge is 0.497 e. The van der Waals surface area contributed by atoms with Gasteiger partial charge in [-0.05, 0) is 67.4 Å². The Kier molecular flexibility index (Phi) is 5.86. The number of nitro benzene ring substituents is 1. The fraction of sp³-hybridized carbons (Fsp3) is 0.130. The normalized spacial score (nSPS) is 15.0. The van der Waals surface area contributed by atoms with Crippen LogP contribution in [0.5, 0.6) is 5.75 Å². The highest BCUT2D eigenvalue weighted by Crippen LogP contribution is 2.38. The van der Waals surface area contributed by atoms with Crippen LogP contribution in [0.2, 0.25) is 0 Å². The van der Waals surface area contributed by atoms with Crippen molar-refractivity contribution in [2.24, 2.45) is 0 Å². The van der Waals surface area contributed by atoms with Crippen LogP contribution >= 0.6 is 24.0 Å². The van der Waals surface area contributed by atoms with E-state index in [0.717, 1.165) is 11.1 Å².